The maximum atomic E-state index is 13.1. The van der Waals surface area contributed by atoms with Crippen molar-refractivity contribution in [3.8, 4) is 5.75 Å². The van der Waals surface area contributed by atoms with E-state index in [2.05, 4.69) is 0 Å². The summed E-state index contributed by atoms with van der Waals surface area (Å²) in [5, 5.41) is 19.1. The minimum Gasteiger partial charge on any atom is -0.508 e. The predicted molar refractivity (Wildman–Crippen MR) is 55.2 cm³/mol. The molecule has 1 aromatic rings. The fourth-order valence-corrected chi connectivity index (χ4v) is 2.42. The van der Waals surface area contributed by atoms with Crippen LogP contribution in [0.3, 0.4) is 0 Å². The van der Waals surface area contributed by atoms with Crippen LogP contribution in [0.15, 0.2) is 18.2 Å². The monoisotopic (exact) mass is 210 g/mol. The highest BCUT2D eigenvalue weighted by Gasteiger charge is 2.62. The molecule has 1 unspecified atom stereocenters. The standard InChI is InChI=1S/C12H15FO2/c1-11(2)6-12(11,7-14)9-5-8(13)3-4-10(9)15/h3-5,14-15H,6-7H2,1-2H3. The van der Waals surface area contributed by atoms with Crippen LogP contribution in [-0.2, 0) is 5.41 Å². The zero-order valence-corrected chi connectivity index (χ0v) is 8.92. The molecule has 0 aromatic heterocycles. The number of phenols is 1. The van der Waals surface area contributed by atoms with Crippen LogP contribution in [-0.4, -0.2) is 16.8 Å². The molecular weight excluding hydrogens is 195 g/mol. The molecular formula is C12H15FO2. The average Bonchev–Trinajstić information content (AvgIpc) is 2.74. The maximum Gasteiger partial charge on any atom is 0.123 e. The second kappa shape index (κ2) is 2.95. The zero-order chi connectivity index (χ0) is 11.3. The van der Waals surface area contributed by atoms with Gasteiger partial charge in [-0.3, -0.25) is 0 Å². The van der Waals surface area contributed by atoms with Crippen LogP contribution in [0.25, 0.3) is 0 Å². The average molecular weight is 210 g/mol. The summed E-state index contributed by atoms with van der Waals surface area (Å²) in [5.41, 5.74) is -0.0262. The molecule has 1 saturated carbocycles. The first-order valence-electron chi connectivity index (χ1n) is 5.03. The van der Waals surface area contributed by atoms with Gasteiger partial charge in [0.05, 0.1) is 6.61 Å². The van der Waals surface area contributed by atoms with Crippen LogP contribution in [0, 0.1) is 11.2 Å². The summed E-state index contributed by atoms with van der Waals surface area (Å²) in [6, 6.07) is 3.88. The van der Waals surface area contributed by atoms with Crippen LogP contribution in [0.5, 0.6) is 5.75 Å². The van der Waals surface area contributed by atoms with Gasteiger partial charge in [-0.25, -0.2) is 4.39 Å². The Kier molecular flexibility index (Phi) is 2.05. The third-order valence-corrected chi connectivity index (χ3v) is 3.66. The minimum absolute atomic E-state index is 0.0585. The van der Waals surface area contributed by atoms with Gasteiger partial charge < -0.3 is 10.2 Å². The number of aliphatic hydroxyl groups is 1. The Morgan fingerprint density at radius 1 is 1.40 bits per heavy atom. The van der Waals surface area contributed by atoms with E-state index >= 15 is 0 Å². The minimum atomic E-state index is -0.473. The lowest BCUT2D eigenvalue weighted by Gasteiger charge is -2.19. The molecule has 0 spiro atoms. The largest absolute Gasteiger partial charge is 0.508 e. The molecule has 0 saturated heterocycles. The lowest BCUT2D eigenvalue weighted by Crippen LogP contribution is -2.19. The molecule has 15 heavy (non-hydrogen) atoms. The van der Waals surface area contributed by atoms with Crippen molar-refractivity contribution in [2.45, 2.75) is 25.7 Å². The third kappa shape index (κ3) is 1.34. The van der Waals surface area contributed by atoms with E-state index in [4.69, 9.17) is 0 Å². The van der Waals surface area contributed by atoms with Crippen molar-refractivity contribution in [3.63, 3.8) is 0 Å². The second-order valence-electron chi connectivity index (χ2n) is 4.96. The molecule has 1 aliphatic rings. The van der Waals surface area contributed by atoms with Crippen molar-refractivity contribution in [1.82, 2.24) is 0 Å². The summed E-state index contributed by atoms with van der Waals surface area (Å²) >= 11 is 0. The summed E-state index contributed by atoms with van der Waals surface area (Å²) < 4.78 is 13.1. The number of hydrogen-bond acceptors (Lipinski definition) is 2. The molecule has 1 aromatic carbocycles. The fraction of sp³-hybridized carbons (Fsp3) is 0.500. The Hall–Kier alpha value is -1.09. The first-order valence-corrected chi connectivity index (χ1v) is 5.03. The van der Waals surface area contributed by atoms with E-state index in [0.717, 1.165) is 6.42 Å². The number of halogens is 1. The molecule has 2 nitrogen and oxygen atoms in total. The summed E-state index contributed by atoms with van der Waals surface area (Å²) in [6.45, 7) is 3.96. The smallest absolute Gasteiger partial charge is 0.123 e. The number of hydrogen-bond donors (Lipinski definition) is 2. The molecule has 82 valence electrons. The molecule has 1 aliphatic carbocycles. The van der Waals surface area contributed by atoms with Gasteiger partial charge in [0.15, 0.2) is 0 Å². The molecule has 0 bridgehead atoms. The Morgan fingerprint density at radius 3 is 2.47 bits per heavy atom. The van der Waals surface area contributed by atoms with Gasteiger partial charge in [-0.15, -0.1) is 0 Å². The maximum absolute atomic E-state index is 13.1. The fourth-order valence-electron chi connectivity index (χ4n) is 2.42. The normalized spacial score (nSPS) is 27.7. The predicted octanol–water partition coefficient (Wildman–Crippen LogP) is 2.19. The van der Waals surface area contributed by atoms with E-state index in [1.165, 1.54) is 18.2 Å². The number of benzene rings is 1. The van der Waals surface area contributed by atoms with E-state index in [1.54, 1.807) is 0 Å². The highest BCUT2D eigenvalue weighted by molar-refractivity contribution is 5.46. The SMILES string of the molecule is CC1(C)CC1(CO)c1cc(F)ccc1O. The van der Waals surface area contributed by atoms with Crippen molar-refractivity contribution in [2.24, 2.45) is 5.41 Å². The van der Waals surface area contributed by atoms with Crippen LogP contribution < -0.4 is 0 Å². The number of aromatic hydroxyl groups is 1. The molecule has 0 heterocycles. The van der Waals surface area contributed by atoms with Gasteiger partial charge >= 0.3 is 0 Å². The van der Waals surface area contributed by atoms with Gasteiger partial charge in [0, 0.05) is 11.0 Å². The lowest BCUT2D eigenvalue weighted by molar-refractivity contribution is 0.228. The van der Waals surface area contributed by atoms with Gasteiger partial charge in [0.1, 0.15) is 11.6 Å². The van der Waals surface area contributed by atoms with Crippen molar-refractivity contribution in [3.05, 3.63) is 29.6 Å². The van der Waals surface area contributed by atoms with Crippen molar-refractivity contribution in [1.29, 1.82) is 0 Å². The van der Waals surface area contributed by atoms with E-state index in [9.17, 15) is 14.6 Å². The Bertz CT molecular complexity index is 401. The van der Waals surface area contributed by atoms with Gasteiger partial charge in [0.2, 0.25) is 0 Å². The molecule has 2 rings (SSSR count). The molecule has 1 atom stereocenters. The van der Waals surface area contributed by atoms with E-state index in [0.29, 0.717) is 5.56 Å². The topological polar surface area (TPSA) is 40.5 Å². The molecule has 1 fully saturated rings. The highest BCUT2D eigenvalue weighted by Crippen LogP contribution is 2.65. The lowest BCUT2D eigenvalue weighted by atomic mass is 9.88. The Labute approximate surface area is 88.4 Å². The molecule has 0 aliphatic heterocycles. The second-order valence-corrected chi connectivity index (χ2v) is 4.96. The van der Waals surface area contributed by atoms with Gasteiger partial charge in [0.25, 0.3) is 0 Å². The van der Waals surface area contributed by atoms with E-state index < -0.39 is 5.41 Å². The molecule has 2 N–H and O–H groups in total. The zero-order valence-electron chi connectivity index (χ0n) is 8.92. The van der Waals surface area contributed by atoms with Crippen molar-refractivity contribution >= 4 is 0 Å². The summed E-state index contributed by atoms with van der Waals surface area (Å²) in [7, 11) is 0. The van der Waals surface area contributed by atoms with Crippen molar-refractivity contribution in [2.75, 3.05) is 6.61 Å². The molecule has 3 heteroatoms. The first-order chi connectivity index (χ1) is 6.93. The van der Waals surface area contributed by atoms with Gasteiger partial charge in [-0.1, -0.05) is 13.8 Å². The number of rotatable bonds is 2. The van der Waals surface area contributed by atoms with Crippen LogP contribution in [0.2, 0.25) is 0 Å². The molecule has 0 radical (unpaired) electrons. The van der Waals surface area contributed by atoms with Crippen molar-refractivity contribution < 1.29 is 14.6 Å². The number of phenolic OH excluding ortho intramolecular Hbond substituents is 1. The molecule has 0 amide bonds. The summed E-state index contributed by atoms with van der Waals surface area (Å²) in [5.74, 6) is -0.311. The third-order valence-electron chi connectivity index (χ3n) is 3.66. The first kappa shape index (κ1) is 10.4. The quantitative estimate of drug-likeness (QED) is 0.785. The highest BCUT2D eigenvalue weighted by atomic mass is 19.1. The van der Waals surface area contributed by atoms with Gasteiger partial charge in [-0.2, -0.15) is 0 Å². The van der Waals surface area contributed by atoms with Gasteiger partial charge in [-0.05, 0) is 30.0 Å². The van der Waals surface area contributed by atoms with Crippen LogP contribution in [0.4, 0.5) is 4.39 Å². The summed E-state index contributed by atoms with van der Waals surface area (Å²) in [4.78, 5) is 0. The van der Waals surface area contributed by atoms with Crippen LogP contribution in [0.1, 0.15) is 25.8 Å². The van der Waals surface area contributed by atoms with E-state index in [-0.39, 0.29) is 23.6 Å². The Balaban J connectivity index is 2.50. The van der Waals surface area contributed by atoms with E-state index in [1.807, 2.05) is 13.8 Å². The number of aliphatic hydroxyl groups excluding tert-OH is 1. The summed E-state index contributed by atoms with van der Waals surface area (Å²) in [6.07, 6.45) is 0.771. The van der Waals surface area contributed by atoms with Crippen LogP contribution >= 0.6 is 0 Å². The Morgan fingerprint density at radius 2 is 2.00 bits per heavy atom.